The fourth-order valence-corrected chi connectivity index (χ4v) is 4.23. The van der Waals surface area contributed by atoms with E-state index in [0.29, 0.717) is 29.1 Å². The van der Waals surface area contributed by atoms with Crippen LogP contribution in [0.1, 0.15) is 23.8 Å². The van der Waals surface area contributed by atoms with E-state index in [0.717, 1.165) is 5.56 Å². The first-order valence-electron chi connectivity index (χ1n) is 10.2. The molecule has 190 valence electrons. The SMILES string of the molecule is O=P(O)(O)OCc1cccc(CNc2ncnc3c2ncn3[C@H]2C[C@H](O)[C@@H](COP(=O)(O)O)O2)c1. The standard InChI is InChI=1S/C18H23N5O10P2/c24-13-5-15(33-14(13)8-32-35(28,29)30)23-10-22-16-17(20-9-21-18(16)23)19-6-11-2-1-3-12(4-11)7-31-34(25,26)27/h1-4,9-10,13-15,24H,5-8H2,(H,19,20,21)(H2,25,26,27)(H2,28,29,30)/t13-,14+,15+/m0/s1. The highest BCUT2D eigenvalue weighted by molar-refractivity contribution is 7.46. The van der Waals surface area contributed by atoms with Crippen molar-refractivity contribution < 1.29 is 47.6 Å². The quantitative estimate of drug-likeness (QED) is 0.199. The molecule has 3 aromatic rings. The minimum absolute atomic E-state index is 0.136. The first-order chi connectivity index (χ1) is 16.5. The van der Waals surface area contributed by atoms with Gasteiger partial charge in [0, 0.05) is 13.0 Å². The second-order valence-corrected chi connectivity index (χ2v) is 10.2. The molecule has 3 atom stereocenters. The van der Waals surface area contributed by atoms with Crippen molar-refractivity contribution in [2.75, 3.05) is 11.9 Å². The Kier molecular flexibility index (Phi) is 7.64. The smallest absolute Gasteiger partial charge is 0.390 e. The maximum atomic E-state index is 10.9. The number of hydrogen-bond donors (Lipinski definition) is 6. The van der Waals surface area contributed by atoms with Crippen molar-refractivity contribution in [2.45, 2.75) is 38.0 Å². The Morgan fingerprint density at radius 2 is 1.83 bits per heavy atom. The van der Waals surface area contributed by atoms with Crippen LogP contribution >= 0.6 is 15.6 Å². The summed E-state index contributed by atoms with van der Waals surface area (Å²) in [6.45, 7) is -0.397. The van der Waals surface area contributed by atoms with Crippen LogP contribution < -0.4 is 5.32 Å². The summed E-state index contributed by atoms with van der Waals surface area (Å²) in [6, 6.07) is 6.96. The number of ether oxygens (including phenoxy) is 1. The van der Waals surface area contributed by atoms with Gasteiger partial charge in [0.1, 0.15) is 18.7 Å². The number of anilines is 1. The van der Waals surface area contributed by atoms with Gasteiger partial charge in [0.2, 0.25) is 0 Å². The van der Waals surface area contributed by atoms with Crippen LogP contribution in [0.4, 0.5) is 5.82 Å². The predicted octanol–water partition coefficient (Wildman–Crippen LogP) is 0.805. The van der Waals surface area contributed by atoms with Crippen molar-refractivity contribution in [3.63, 3.8) is 0 Å². The van der Waals surface area contributed by atoms with Gasteiger partial charge in [-0.15, -0.1) is 0 Å². The lowest BCUT2D eigenvalue weighted by Gasteiger charge is -2.16. The molecule has 35 heavy (non-hydrogen) atoms. The van der Waals surface area contributed by atoms with Crippen molar-refractivity contribution in [1.29, 1.82) is 0 Å². The molecule has 1 saturated heterocycles. The number of hydrogen-bond acceptors (Lipinski definition) is 10. The molecule has 6 N–H and O–H groups in total. The molecular weight excluding hydrogens is 508 g/mol. The minimum atomic E-state index is -4.70. The average Bonchev–Trinajstić information content (AvgIpc) is 3.37. The number of nitrogens with zero attached hydrogens (tertiary/aromatic N) is 4. The Morgan fingerprint density at radius 1 is 1.09 bits per heavy atom. The van der Waals surface area contributed by atoms with Gasteiger partial charge in [-0.05, 0) is 11.1 Å². The van der Waals surface area contributed by atoms with Crippen LogP contribution in [0.5, 0.6) is 0 Å². The van der Waals surface area contributed by atoms with E-state index in [4.69, 9.17) is 24.3 Å². The van der Waals surface area contributed by atoms with Gasteiger partial charge in [0.25, 0.3) is 0 Å². The van der Waals surface area contributed by atoms with E-state index in [2.05, 4.69) is 29.3 Å². The summed E-state index contributed by atoms with van der Waals surface area (Å²) in [6.07, 6.45) is 0.295. The van der Waals surface area contributed by atoms with Crippen LogP contribution in [-0.2, 0) is 36.1 Å². The van der Waals surface area contributed by atoms with E-state index in [1.54, 1.807) is 22.8 Å². The van der Waals surface area contributed by atoms with Crippen LogP contribution in [0.3, 0.4) is 0 Å². The van der Waals surface area contributed by atoms with Crippen LogP contribution in [0.25, 0.3) is 11.2 Å². The van der Waals surface area contributed by atoms with Crippen molar-refractivity contribution >= 4 is 32.6 Å². The highest BCUT2D eigenvalue weighted by Crippen LogP contribution is 2.39. The molecule has 0 aliphatic carbocycles. The van der Waals surface area contributed by atoms with E-state index >= 15 is 0 Å². The number of aliphatic hydroxyl groups is 1. The van der Waals surface area contributed by atoms with Crippen molar-refractivity contribution in [3.8, 4) is 0 Å². The zero-order chi connectivity index (χ0) is 25.2. The van der Waals surface area contributed by atoms with Crippen LogP contribution in [0, 0.1) is 0 Å². The number of nitrogens with one attached hydrogen (secondary N) is 1. The van der Waals surface area contributed by atoms with E-state index < -0.39 is 40.7 Å². The second kappa shape index (κ2) is 10.4. The van der Waals surface area contributed by atoms with Gasteiger partial charge in [0.05, 0.1) is 25.6 Å². The van der Waals surface area contributed by atoms with Crippen molar-refractivity contribution in [2.24, 2.45) is 0 Å². The Balaban J connectivity index is 1.44. The third-order valence-corrected chi connectivity index (χ3v) is 6.08. The Hall–Kier alpha value is -2.29. The largest absolute Gasteiger partial charge is 0.469 e. The highest BCUT2D eigenvalue weighted by Gasteiger charge is 2.37. The van der Waals surface area contributed by atoms with Crippen molar-refractivity contribution in [1.82, 2.24) is 19.5 Å². The van der Waals surface area contributed by atoms with Gasteiger partial charge in [-0.3, -0.25) is 13.6 Å². The molecule has 0 bridgehead atoms. The maximum absolute atomic E-state index is 10.9. The number of phosphoric acid groups is 2. The van der Waals surface area contributed by atoms with E-state index in [1.165, 1.54) is 12.7 Å². The molecule has 2 aromatic heterocycles. The van der Waals surface area contributed by atoms with Gasteiger partial charge in [-0.25, -0.2) is 24.1 Å². The molecule has 0 radical (unpaired) electrons. The molecule has 0 amide bonds. The average molecular weight is 531 g/mol. The predicted molar refractivity (Wildman–Crippen MR) is 118 cm³/mol. The molecule has 1 aromatic carbocycles. The summed E-state index contributed by atoms with van der Waals surface area (Å²) in [4.78, 5) is 48.3. The molecule has 4 rings (SSSR count). The Bertz CT molecular complexity index is 1280. The summed E-state index contributed by atoms with van der Waals surface area (Å²) in [7, 11) is -9.27. The second-order valence-electron chi connectivity index (χ2n) is 7.70. The topological polar surface area (TPSA) is 219 Å². The Morgan fingerprint density at radius 3 is 2.57 bits per heavy atom. The van der Waals surface area contributed by atoms with Crippen molar-refractivity contribution in [3.05, 3.63) is 48.0 Å². The van der Waals surface area contributed by atoms with Gasteiger partial charge in [-0.2, -0.15) is 0 Å². The van der Waals surface area contributed by atoms with Gasteiger partial charge < -0.3 is 34.7 Å². The summed E-state index contributed by atoms with van der Waals surface area (Å²) in [5.74, 6) is 0.422. The molecule has 17 heteroatoms. The fraction of sp³-hybridized carbons (Fsp3) is 0.389. The summed E-state index contributed by atoms with van der Waals surface area (Å²) < 4.78 is 38.1. The molecule has 1 aliphatic heterocycles. The first kappa shape index (κ1) is 25.8. The summed E-state index contributed by atoms with van der Waals surface area (Å²) in [5.41, 5.74) is 2.23. The number of fused-ring (bicyclic) bond motifs is 1. The molecule has 1 aliphatic rings. The highest BCUT2D eigenvalue weighted by atomic mass is 31.2. The fourth-order valence-electron chi connectivity index (χ4n) is 3.57. The van der Waals surface area contributed by atoms with Gasteiger partial charge >= 0.3 is 15.6 Å². The van der Waals surface area contributed by atoms with E-state index in [9.17, 15) is 14.2 Å². The Labute approximate surface area is 198 Å². The molecule has 0 saturated carbocycles. The number of phosphoric ester groups is 2. The maximum Gasteiger partial charge on any atom is 0.469 e. The molecular formula is C18H23N5O10P2. The lowest BCUT2D eigenvalue weighted by molar-refractivity contribution is -0.0424. The van der Waals surface area contributed by atoms with E-state index in [-0.39, 0.29) is 13.0 Å². The third-order valence-electron chi connectivity index (χ3n) is 5.13. The molecule has 0 spiro atoms. The van der Waals surface area contributed by atoms with Crippen LogP contribution in [0.15, 0.2) is 36.9 Å². The number of imidazole rings is 1. The third kappa shape index (κ3) is 6.90. The molecule has 15 nitrogen and oxygen atoms in total. The van der Waals surface area contributed by atoms with Crippen LogP contribution in [0.2, 0.25) is 0 Å². The minimum Gasteiger partial charge on any atom is -0.390 e. The van der Waals surface area contributed by atoms with E-state index in [1.807, 2.05) is 6.07 Å². The summed E-state index contributed by atoms with van der Waals surface area (Å²) in [5, 5.41) is 13.4. The zero-order valence-electron chi connectivity index (χ0n) is 18.0. The first-order valence-corrected chi connectivity index (χ1v) is 13.3. The lowest BCUT2D eigenvalue weighted by Crippen LogP contribution is -2.25. The zero-order valence-corrected chi connectivity index (χ0v) is 19.8. The molecule has 1 fully saturated rings. The normalized spacial score (nSPS) is 21.0. The molecule has 0 unspecified atom stereocenters. The van der Waals surface area contributed by atoms with Gasteiger partial charge in [-0.1, -0.05) is 24.3 Å². The number of rotatable bonds is 10. The van der Waals surface area contributed by atoms with Gasteiger partial charge in [0.15, 0.2) is 17.0 Å². The number of benzene rings is 1. The summed E-state index contributed by atoms with van der Waals surface area (Å²) >= 11 is 0. The van der Waals surface area contributed by atoms with Crippen LogP contribution in [-0.4, -0.2) is 63.0 Å². The lowest BCUT2D eigenvalue weighted by atomic mass is 10.1. The monoisotopic (exact) mass is 531 g/mol. The molecule has 3 heterocycles. The number of aromatic nitrogens is 4. The number of aliphatic hydroxyl groups excluding tert-OH is 1.